The fourth-order valence-corrected chi connectivity index (χ4v) is 4.82. The molecule has 0 bridgehead atoms. The first kappa shape index (κ1) is 19.0. The van der Waals surface area contributed by atoms with Crippen LogP contribution in [-0.4, -0.2) is 39.4 Å². The first-order chi connectivity index (χ1) is 11.6. The van der Waals surface area contributed by atoms with Crippen LogP contribution in [0.2, 0.25) is 0 Å². The lowest BCUT2D eigenvalue weighted by Crippen LogP contribution is -2.31. The van der Waals surface area contributed by atoms with E-state index in [1.807, 2.05) is 32.0 Å². The van der Waals surface area contributed by atoms with E-state index in [-0.39, 0.29) is 16.9 Å². The topological polar surface area (TPSA) is 72.0 Å². The molecular formula is C16H19N3O2S3. The van der Waals surface area contributed by atoms with Crippen molar-refractivity contribution >= 4 is 46.6 Å². The van der Waals surface area contributed by atoms with Gasteiger partial charge in [0.2, 0.25) is 5.91 Å². The average molecular weight is 382 g/mol. The van der Waals surface area contributed by atoms with Crippen molar-refractivity contribution in [3.63, 3.8) is 0 Å². The molecule has 0 fully saturated rings. The number of amides is 1. The summed E-state index contributed by atoms with van der Waals surface area (Å²) in [4.78, 5) is 23.9. The smallest absolute Gasteiger partial charge is 0.233 e. The Hall–Kier alpha value is -1.38. The van der Waals surface area contributed by atoms with Crippen molar-refractivity contribution in [1.82, 2.24) is 15.5 Å². The van der Waals surface area contributed by atoms with E-state index in [2.05, 4.69) is 15.5 Å². The van der Waals surface area contributed by atoms with E-state index < -0.39 is 0 Å². The molecule has 0 aliphatic rings. The van der Waals surface area contributed by atoms with Gasteiger partial charge in [-0.1, -0.05) is 72.1 Å². The summed E-state index contributed by atoms with van der Waals surface area (Å²) in [6.45, 7) is 4.55. The minimum Gasteiger partial charge on any atom is -0.355 e. The van der Waals surface area contributed by atoms with E-state index in [0.717, 1.165) is 15.1 Å². The number of hydrogen-bond acceptors (Lipinski definition) is 7. The quantitative estimate of drug-likeness (QED) is 0.529. The van der Waals surface area contributed by atoms with Crippen molar-refractivity contribution in [2.75, 3.05) is 12.3 Å². The molecule has 1 N–H and O–H groups in total. The van der Waals surface area contributed by atoms with Gasteiger partial charge in [0.15, 0.2) is 14.5 Å². The van der Waals surface area contributed by atoms with Gasteiger partial charge >= 0.3 is 0 Å². The van der Waals surface area contributed by atoms with E-state index in [4.69, 9.17) is 0 Å². The summed E-state index contributed by atoms with van der Waals surface area (Å²) in [5.74, 6) is 0.401. The number of hydrogen-bond donors (Lipinski definition) is 1. The molecule has 24 heavy (non-hydrogen) atoms. The van der Waals surface area contributed by atoms with Crippen LogP contribution >= 0.6 is 34.9 Å². The number of nitrogens with zero attached hydrogens (tertiary/aromatic N) is 2. The monoisotopic (exact) mass is 381 g/mol. The van der Waals surface area contributed by atoms with E-state index in [0.29, 0.717) is 17.9 Å². The molecule has 0 radical (unpaired) electrons. The van der Waals surface area contributed by atoms with Crippen LogP contribution in [0.25, 0.3) is 0 Å². The number of Topliss-reactive ketones (excluding diaryl/α,β-unsaturated/α-hetero) is 1. The van der Waals surface area contributed by atoms with Crippen LogP contribution in [0.3, 0.4) is 0 Å². The molecule has 2 rings (SSSR count). The van der Waals surface area contributed by atoms with Crippen LogP contribution in [0.1, 0.15) is 30.6 Å². The molecule has 5 nitrogen and oxygen atoms in total. The fourth-order valence-electron chi connectivity index (χ4n) is 1.73. The van der Waals surface area contributed by atoms with Crippen LogP contribution in [0.4, 0.5) is 0 Å². The second kappa shape index (κ2) is 9.80. The van der Waals surface area contributed by atoms with Gasteiger partial charge in [0.25, 0.3) is 0 Å². The van der Waals surface area contributed by atoms with Crippen molar-refractivity contribution in [2.45, 2.75) is 34.2 Å². The first-order valence-corrected chi connectivity index (χ1v) is 10.3. The summed E-state index contributed by atoms with van der Waals surface area (Å²) >= 11 is 4.17. The normalized spacial score (nSPS) is 11.9. The Morgan fingerprint density at radius 1 is 1.21 bits per heavy atom. The highest BCUT2D eigenvalue weighted by atomic mass is 32.2. The van der Waals surface area contributed by atoms with Gasteiger partial charge in [-0.05, 0) is 13.3 Å². The number of benzene rings is 1. The van der Waals surface area contributed by atoms with E-state index >= 15 is 0 Å². The van der Waals surface area contributed by atoms with E-state index in [9.17, 15) is 9.59 Å². The van der Waals surface area contributed by atoms with Gasteiger partial charge in [0.1, 0.15) is 0 Å². The Kier molecular flexibility index (Phi) is 7.74. The SMILES string of the molecule is CCCNC(=O)[C@@H](C)Sc1nnc(SCC(=O)c2ccccc2)s1. The van der Waals surface area contributed by atoms with Crippen LogP contribution in [0.5, 0.6) is 0 Å². The van der Waals surface area contributed by atoms with Gasteiger partial charge < -0.3 is 5.32 Å². The van der Waals surface area contributed by atoms with Crippen molar-refractivity contribution in [2.24, 2.45) is 0 Å². The third kappa shape index (κ3) is 5.92. The summed E-state index contributed by atoms with van der Waals surface area (Å²) in [7, 11) is 0. The summed E-state index contributed by atoms with van der Waals surface area (Å²) in [6, 6.07) is 9.20. The maximum absolute atomic E-state index is 12.1. The first-order valence-electron chi connectivity index (χ1n) is 7.59. The zero-order valence-electron chi connectivity index (χ0n) is 13.5. The third-order valence-corrected chi connectivity index (χ3v) is 6.25. The molecule has 1 aromatic carbocycles. The van der Waals surface area contributed by atoms with Gasteiger partial charge in [-0.25, -0.2) is 0 Å². The molecular weight excluding hydrogens is 362 g/mol. The molecule has 8 heteroatoms. The zero-order valence-corrected chi connectivity index (χ0v) is 16.0. The average Bonchev–Trinajstić information content (AvgIpc) is 3.05. The molecule has 0 saturated heterocycles. The Balaban J connectivity index is 1.82. The molecule has 1 heterocycles. The molecule has 1 aromatic heterocycles. The maximum atomic E-state index is 12.1. The highest BCUT2D eigenvalue weighted by molar-refractivity contribution is 8.04. The maximum Gasteiger partial charge on any atom is 0.233 e. The number of carbonyl (C=O) groups is 2. The number of aromatic nitrogens is 2. The highest BCUT2D eigenvalue weighted by Crippen LogP contribution is 2.31. The van der Waals surface area contributed by atoms with Crippen molar-refractivity contribution in [3.05, 3.63) is 35.9 Å². The lowest BCUT2D eigenvalue weighted by atomic mass is 10.2. The number of ketones is 1. The highest BCUT2D eigenvalue weighted by Gasteiger charge is 2.17. The Morgan fingerprint density at radius 3 is 2.62 bits per heavy atom. The summed E-state index contributed by atoms with van der Waals surface area (Å²) in [6.07, 6.45) is 0.915. The Morgan fingerprint density at radius 2 is 1.92 bits per heavy atom. The van der Waals surface area contributed by atoms with Crippen LogP contribution in [0, 0.1) is 0 Å². The molecule has 0 aliphatic heterocycles. The minimum absolute atomic E-state index is 0.00510. The van der Waals surface area contributed by atoms with Crippen molar-refractivity contribution < 1.29 is 9.59 Å². The lowest BCUT2D eigenvalue weighted by Gasteiger charge is -2.08. The molecule has 1 atom stereocenters. The summed E-state index contributed by atoms with van der Waals surface area (Å²) in [5, 5.41) is 10.8. The molecule has 1 amide bonds. The predicted molar refractivity (Wildman–Crippen MR) is 100 cm³/mol. The van der Waals surface area contributed by atoms with E-state index in [1.165, 1.54) is 34.9 Å². The van der Waals surface area contributed by atoms with Gasteiger partial charge in [-0.2, -0.15) is 0 Å². The van der Waals surface area contributed by atoms with Crippen molar-refractivity contribution in [3.8, 4) is 0 Å². The second-order valence-electron chi connectivity index (χ2n) is 4.96. The van der Waals surface area contributed by atoms with Gasteiger partial charge in [0, 0.05) is 12.1 Å². The molecule has 0 aliphatic carbocycles. The summed E-state index contributed by atoms with van der Waals surface area (Å²) in [5.41, 5.74) is 0.699. The van der Waals surface area contributed by atoms with Crippen LogP contribution in [-0.2, 0) is 4.79 Å². The molecule has 2 aromatic rings. The van der Waals surface area contributed by atoms with Crippen LogP contribution in [0.15, 0.2) is 39.0 Å². The number of rotatable bonds is 9. The molecule has 0 unspecified atom stereocenters. The second-order valence-corrected chi connectivity index (χ2v) is 8.75. The van der Waals surface area contributed by atoms with Gasteiger partial charge in [-0.3, -0.25) is 9.59 Å². The fraction of sp³-hybridized carbons (Fsp3) is 0.375. The number of nitrogens with one attached hydrogen (secondary N) is 1. The minimum atomic E-state index is -0.215. The lowest BCUT2D eigenvalue weighted by molar-refractivity contribution is -0.120. The number of thioether (sulfide) groups is 2. The molecule has 0 spiro atoms. The molecule has 128 valence electrons. The van der Waals surface area contributed by atoms with E-state index in [1.54, 1.807) is 12.1 Å². The standard InChI is InChI=1S/C16H19N3O2S3/c1-3-9-17-14(21)11(2)23-16-19-18-15(24-16)22-10-13(20)12-7-5-4-6-8-12/h4-8,11H,3,9-10H2,1-2H3,(H,17,21)/t11-/m1/s1. The largest absolute Gasteiger partial charge is 0.355 e. The molecule has 0 saturated carbocycles. The summed E-state index contributed by atoms with van der Waals surface area (Å²) < 4.78 is 1.48. The Bertz CT molecular complexity index is 676. The number of carbonyl (C=O) groups excluding carboxylic acids is 2. The Labute approximate surface area is 154 Å². The predicted octanol–water partition coefficient (Wildman–Crippen LogP) is 3.52. The third-order valence-electron chi connectivity index (χ3n) is 3.01. The zero-order chi connectivity index (χ0) is 17.4. The van der Waals surface area contributed by atoms with Gasteiger partial charge in [0.05, 0.1) is 11.0 Å². The van der Waals surface area contributed by atoms with Crippen LogP contribution < -0.4 is 5.32 Å². The van der Waals surface area contributed by atoms with Gasteiger partial charge in [-0.15, -0.1) is 10.2 Å². The van der Waals surface area contributed by atoms with Crippen molar-refractivity contribution in [1.29, 1.82) is 0 Å².